The Morgan fingerprint density at radius 3 is 2.42 bits per heavy atom. The van der Waals surface area contributed by atoms with Crippen molar-refractivity contribution in [2.24, 2.45) is 23.7 Å². The molecular formula is C11H21N. The highest BCUT2D eigenvalue weighted by Gasteiger charge is 2.40. The van der Waals surface area contributed by atoms with Crippen LogP contribution in [0, 0.1) is 23.7 Å². The lowest BCUT2D eigenvalue weighted by Gasteiger charge is -2.39. The minimum Gasteiger partial charge on any atom is -0.306 e. The molecule has 0 aromatic heterocycles. The molecule has 1 nitrogen and oxygen atoms in total. The van der Waals surface area contributed by atoms with Crippen molar-refractivity contribution in [2.75, 3.05) is 20.1 Å². The molecule has 0 aromatic rings. The van der Waals surface area contributed by atoms with Gasteiger partial charge in [0.05, 0.1) is 0 Å². The molecule has 0 aromatic carbocycles. The average Bonchev–Trinajstić information content (AvgIpc) is 2.33. The van der Waals surface area contributed by atoms with Gasteiger partial charge in [0.1, 0.15) is 0 Å². The summed E-state index contributed by atoms with van der Waals surface area (Å²) in [4.78, 5) is 2.52. The smallest absolute Gasteiger partial charge is 0.00120 e. The predicted molar refractivity (Wildman–Crippen MR) is 52.0 cm³/mol. The third kappa shape index (κ3) is 1.28. The summed E-state index contributed by atoms with van der Waals surface area (Å²) in [5.41, 5.74) is 0. The monoisotopic (exact) mass is 167 g/mol. The van der Waals surface area contributed by atoms with Crippen LogP contribution in [0.15, 0.2) is 0 Å². The van der Waals surface area contributed by atoms with E-state index >= 15 is 0 Å². The highest BCUT2D eigenvalue weighted by Crippen LogP contribution is 2.43. The second kappa shape index (κ2) is 3.02. The van der Waals surface area contributed by atoms with Crippen molar-refractivity contribution in [1.29, 1.82) is 0 Å². The Morgan fingerprint density at radius 2 is 1.67 bits per heavy atom. The van der Waals surface area contributed by atoms with Gasteiger partial charge in [0.2, 0.25) is 0 Å². The Balaban J connectivity index is 2.08. The van der Waals surface area contributed by atoms with Crippen molar-refractivity contribution >= 4 is 0 Å². The zero-order valence-electron chi connectivity index (χ0n) is 8.59. The summed E-state index contributed by atoms with van der Waals surface area (Å²) in [6.45, 7) is 7.56. The first-order chi connectivity index (χ1) is 5.68. The van der Waals surface area contributed by atoms with Gasteiger partial charge in [0.15, 0.2) is 0 Å². The van der Waals surface area contributed by atoms with Crippen LogP contribution in [0.5, 0.6) is 0 Å². The number of nitrogens with zero attached hydrogens (tertiary/aromatic N) is 1. The third-order valence-corrected chi connectivity index (χ3v) is 4.09. The fraction of sp³-hybridized carbons (Fsp3) is 1.00. The molecule has 1 saturated carbocycles. The van der Waals surface area contributed by atoms with E-state index in [-0.39, 0.29) is 0 Å². The maximum absolute atomic E-state index is 2.52. The highest BCUT2D eigenvalue weighted by molar-refractivity contribution is 4.91. The van der Waals surface area contributed by atoms with Crippen LogP contribution in [-0.2, 0) is 0 Å². The quantitative estimate of drug-likeness (QED) is 0.535. The molecular weight excluding hydrogens is 146 g/mol. The number of hydrogen-bond acceptors (Lipinski definition) is 1. The van der Waals surface area contributed by atoms with Gasteiger partial charge in [-0.3, -0.25) is 0 Å². The van der Waals surface area contributed by atoms with Crippen molar-refractivity contribution in [1.82, 2.24) is 4.90 Å². The lowest BCUT2D eigenvalue weighted by atomic mass is 9.79. The predicted octanol–water partition coefficient (Wildman–Crippen LogP) is 2.23. The molecule has 4 atom stereocenters. The minimum atomic E-state index is 0.943. The Labute approximate surface area is 76.1 Å². The van der Waals surface area contributed by atoms with Crippen LogP contribution in [0.2, 0.25) is 0 Å². The summed E-state index contributed by atoms with van der Waals surface area (Å²) >= 11 is 0. The molecule has 70 valence electrons. The molecule has 1 aliphatic carbocycles. The van der Waals surface area contributed by atoms with Crippen LogP contribution in [0.25, 0.3) is 0 Å². The zero-order valence-corrected chi connectivity index (χ0v) is 8.59. The van der Waals surface area contributed by atoms with E-state index < -0.39 is 0 Å². The molecule has 0 unspecified atom stereocenters. The Morgan fingerprint density at radius 1 is 0.917 bits per heavy atom. The van der Waals surface area contributed by atoms with Crippen LogP contribution in [-0.4, -0.2) is 25.0 Å². The van der Waals surface area contributed by atoms with Crippen molar-refractivity contribution in [3.8, 4) is 0 Å². The molecule has 0 radical (unpaired) electrons. The van der Waals surface area contributed by atoms with E-state index in [1.807, 2.05) is 0 Å². The fourth-order valence-corrected chi connectivity index (χ4v) is 3.39. The summed E-state index contributed by atoms with van der Waals surface area (Å²) < 4.78 is 0. The van der Waals surface area contributed by atoms with Gasteiger partial charge in [0.25, 0.3) is 0 Å². The van der Waals surface area contributed by atoms with Gasteiger partial charge in [-0.25, -0.2) is 0 Å². The van der Waals surface area contributed by atoms with Gasteiger partial charge >= 0.3 is 0 Å². The Kier molecular flexibility index (Phi) is 2.16. The Hall–Kier alpha value is -0.0400. The van der Waals surface area contributed by atoms with Crippen molar-refractivity contribution in [3.63, 3.8) is 0 Å². The maximum Gasteiger partial charge on any atom is 0.00120 e. The molecule has 0 bridgehead atoms. The van der Waals surface area contributed by atoms with E-state index in [0.29, 0.717) is 0 Å². The molecule has 1 saturated heterocycles. The largest absolute Gasteiger partial charge is 0.306 e. The van der Waals surface area contributed by atoms with Crippen molar-refractivity contribution in [2.45, 2.75) is 26.7 Å². The van der Waals surface area contributed by atoms with Crippen LogP contribution in [0.1, 0.15) is 26.7 Å². The number of likely N-dealkylation sites (tertiary alicyclic amines) is 1. The second-order valence-electron chi connectivity index (χ2n) is 5.08. The first kappa shape index (κ1) is 8.55. The van der Waals surface area contributed by atoms with E-state index in [2.05, 4.69) is 25.8 Å². The van der Waals surface area contributed by atoms with Gasteiger partial charge in [-0.2, -0.15) is 0 Å². The maximum atomic E-state index is 2.52. The molecule has 0 spiro atoms. The van der Waals surface area contributed by atoms with Crippen molar-refractivity contribution in [3.05, 3.63) is 0 Å². The first-order valence-corrected chi connectivity index (χ1v) is 5.37. The minimum absolute atomic E-state index is 0.943. The average molecular weight is 167 g/mol. The molecule has 1 heterocycles. The fourth-order valence-electron chi connectivity index (χ4n) is 3.39. The van der Waals surface area contributed by atoms with E-state index in [9.17, 15) is 0 Å². The standard InChI is InChI=1S/C11H21N/c1-8-4-5-10-9(2)6-12(3)7-11(8)10/h8-11H,4-7H2,1-3H3/t8-,9+,10+,11-/m0/s1. The van der Waals surface area contributed by atoms with Gasteiger partial charge < -0.3 is 4.90 Å². The molecule has 1 heteroatoms. The summed E-state index contributed by atoms with van der Waals surface area (Å²) in [5, 5.41) is 0. The summed E-state index contributed by atoms with van der Waals surface area (Å²) in [6, 6.07) is 0. The normalized spacial score (nSPS) is 49.2. The van der Waals surface area contributed by atoms with E-state index in [1.54, 1.807) is 0 Å². The Bertz CT molecular complexity index is 166. The lowest BCUT2D eigenvalue weighted by molar-refractivity contribution is 0.0927. The molecule has 2 aliphatic rings. The van der Waals surface area contributed by atoms with Gasteiger partial charge in [-0.1, -0.05) is 20.3 Å². The summed E-state index contributed by atoms with van der Waals surface area (Å²) in [7, 11) is 2.28. The number of piperidine rings is 1. The third-order valence-electron chi connectivity index (χ3n) is 4.09. The first-order valence-electron chi connectivity index (χ1n) is 5.37. The molecule has 0 N–H and O–H groups in total. The zero-order chi connectivity index (χ0) is 8.72. The van der Waals surface area contributed by atoms with Crippen LogP contribution in [0.3, 0.4) is 0 Å². The molecule has 12 heavy (non-hydrogen) atoms. The molecule has 2 rings (SSSR count). The summed E-state index contributed by atoms with van der Waals surface area (Å²) in [6.07, 6.45) is 2.98. The summed E-state index contributed by atoms with van der Waals surface area (Å²) in [5.74, 6) is 3.99. The number of hydrogen-bond donors (Lipinski definition) is 0. The SMILES string of the molecule is C[C@@H]1CN(C)C[C@@H]2[C@@H]1CC[C@@H]2C. The van der Waals surface area contributed by atoms with Crippen LogP contribution >= 0.6 is 0 Å². The van der Waals surface area contributed by atoms with Crippen LogP contribution in [0.4, 0.5) is 0 Å². The molecule has 1 aliphatic heterocycles. The van der Waals surface area contributed by atoms with Gasteiger partial charge in [-0.15, -0.1) is 0 Å². The van der Waals surface area contributed by atoms with E-state index in [0.717, 1.165) is 23.7 Å². The highest BCUT2D eigenvalue weighted by atomic mass is 15.1. The lowest BCUT2D eigenvalue weighted by Crippen LogP contribution is -2.42. The van der Waals surface area contributed by atoms with Crippen LogP contribution < -0.4 is 0 Å². The van der Waals surface area contributed by atoms with Crippen molar-refractivity contribution < 1.29 is 0 Å². The van der Waals surface area contributed by atoms with E-state index in [1.165, 1.54) is 25.9 Å². The second-order valence-corrected chi connectivity index (χ2v) is 5.08. The van der Waals surface area contributed by atoms with Gasteiger partial charge in [-0.05, 0) is 37.1 Å². The van der Waals surface area contributed by atoms with Gasteiger partial charge in [0, 0.05) is 13.1 Å². The number of rotatable bonds is 0. The molecule has 0 amide bonds. The number of fused-ring (bicyclic) bond motifs is 1. The molecule has 2 fully saturated rings. The van der Waals surface area contributed by atoms with E-state index in [4.69, 9.17) is 0 Å². The topological polar surface area (TPSA) is 3.24 Å².